The summed E-state index contributed by atoms with van der Waals surface area (Å²) in [6.45, 7) is 2.26. The minimum atomic E-state index is -0.893. The molecule has 0 aliphatic carbocycles. The molecule has 2 N–H and O–H groups in total. The predicted molar refractivity (Wildman–Crippen MR) is 103 cm³/mol. The summed E-state index contributed by atoms with van der Waals surface area (Å²) in [5, 5.41) is 15.7. The number of nitrogens with one attached hydrogen (secondary N) is 2. The van der Waals surface area contributed by atoms with E-state index in [1.54, 1.807) is 36.1 Å². The number of rotatable bonds is 4. The quantitative estimate of drug-likeness (QED) is 0.478. The van der Waals surface area contributed by atoms with Crippen LogP contribution >= 0.6 is 0 Å². The lowest BCUT2D eigenvalue weighted by molar-refractivity contribution is -0.384. The summed E-state index contributed by atoms with van der Waals surface area (Å²) in [5.74, 6) is -1.70. The Morgan fingerprint density at radius 3 is 2.32 bits per heavy atom. The number of hydrogen-bond acceptors (Lipinski definition) is 5. The second kappa shape index (κ2) is 7.87. The molecule has 1 aliphatic rings. The number of hydrogen-bond donors (Lipinski definition) is 2. The Morgan fingerprint density at radius 1 is 1.07 bits per heavy atom. The first kappa shape index (κ1) is 19.0. The van der Waals surface area contributed by atoms with Gasteiger partial charge in [-0.3, -0.25) is 24.5 Å². The van der Waals surface area contributed by atoms with E-state index in [1.165, 1.54) is 18.2 Å². The first-order valence-corrected chi connectivity index (χ1v) is 8.63. The van der Waals surface area contributed by atoms with E-state index in [4.69, 9.17) is 0 Å². The number of nitro groups is 1. The number of nitrogens with zero attached hydrogens (tertiary/aromatic N) is 2. The van der Waals surface area contributed by atoms with E-state index in [9.17, 15) is 24.5 Å². The molecule has 0 bridgehead atoms. The highest BCUT2D eigenvalue weighted by molar-refractivity contribution is 6.43. The molecule has 1 fully saturated rings. The van der Waals surface area contributed by atoms with Gasteiger partial charge in [0.15, 0.2) is 0 Å². The number of nitro benzene ring substituents is 1. The predicted octanol–water partition coefficient (Wildman–Crippen LogP) is 2.61. The van der Waals surface area contributed by atoms with Crippen LogP contribution in [0.25, 0.3) is 0 Å². The highest BCUT2D eigenvalue weighted by atomic mass is 16.6. The van der Waals surface area contributed by atoms with Crippen LogP contribution in [0.1, 0.15) is 18.4 Å². The summed E-state index contributed by atoms with van der Waals surface area (Å²) in [5.41, 5.74) is 1.84. The molecule has 0 spiro atoms. The van der Waals surface area contributed by atoms with Crippen molar-refractivity contribution >= 4 is 40.5 Å². The van der Waals surface area contributed by atoms with Crippen LogP contribution < -0.4 is 15.5 Å². The van der Waals surface area contributed by atoms with Gasteiger partial charge in [0, 0.05) is 42.2 Å². The maximum atomic E-state index is 12.1. The van der Waals surface area contributed by atoms with Crippen LogP contribution in [0.3, 0.4) is 0 Å². The molecule has 28 heavy (non-hydrogen) atoms. The Morgan fingerprint density at radius 2 is 1.75 bits per heavy atom. The third-order valence-electron chi connectivity index (χ3n) is 4.39. The van der Waals surface area contributed by atoms with E-state index in [0.29, 0.717) is 29.9 Å². The van der Waals surface area contributed by atoms with Crippen LogP contribution in [0.15, 0.2) is 42.5 Å². The van der Waals surface area contributed by atoms with E-state index in [-0.39, 0.29) is 11.6 Å². The van der Waals surface area contributed by atoms with E-state index >= 15 is 0 Å². The molecular weight excluding hydrogens is 364 g/mol. The molecule has 0 atom stereocenters. The van der Waals surface area contributed by atoms with Crippen molar-refractivity contribution in [3.8, 4) is 0 Å². The highest BCUT2D eigenvalue weighted by Crippen LogP contribution is 2.23. The van der Waals surface area contributed by atoms with Crippen molar-refractivity contribution in [3.05, 3.63) is 58.1 Å². The van der Waals surface area contributed by atoms with Crippen molar-refractivity contribution in [1.82, 2.24) is 0 Å². The standard InChI is InChI=1S/C19H18N4O5/c1-12-11-15(23(27)28)8-9-16(12)21-19(26)18(25)20-13-4-6-14(7-5-13)22-10-2-3-17(22)24/h4-9,11H,2-3,10H2,1H3,(H,20,25)(H,21,26). The van der Waals surface area contributed by atoms with Crippen molar-refractivity contribution in [2.45, 2.75) is 19.8 Å². The molecule has 0 radical (unpaired) electrons. The Hall–Kier alpha value is -3.75. The molecule has 2 aromatic rings. The van der Waals surface area contributed by atoms with Crippen LogP contribution in [0, 0.1) is 17.0 Å². The maximum Gasteiger partial charge on any atom is 0.314 e. The molecule has 2 aromatic carbocycles. The number of aryl methyl sites for hydroxylation is 1. The number of amides is 3. The fourth-order valence-corrected chi connectivity index (χ4v) is 2.91. The van der Waals surface area contributed by atoms with Crippen LogP contribution in [0.2, 0.25) is 0 Å². The average molecular weight is 382 g/mol. The fraction of sp³-hybridized carbons (Fsp3) is 0.211. The van der Waals surface area contributed by atoms with Gasteiger partial charge in [-0.25, -0.2) is 0 Å². The molecule has 1 aliphatic heterocycles. The SMILES string of the molecule is Cc1cc([N+](=O)[O-])ccc1NC(=O)C(=O)Nc1ccc(N2CCCC2=O)cc1. The summed E-state index contributed by atoms with van der Waals surface area (Å²) in [7, 11) is 0. The number of carbonyl (C=O) groups excluding carboxylic acids is 3. The van der Waals surface area contributed by atoms with Crippen molar-refractivity contribution < 1.29 is 19.3 Å². The first-order chi connectivity index (χ1) is 13.3. The molecule has 9 nitrogen and oxygen atoms in total. The van der Waals surface area contributed by atoms with Crippen LogP contribution in [-0.4, -0.2) is 29.2 Å². The van der Waals surface area contributed by atoms with Crippen LogP contribution in [0.5, 0.6) is 0 Å². The Kier molecular flexibility index (Phi) is 5.35. The molecule has 0 aromatic heterocycles. The van der Waals surface area contributed by atoms with Crippen molar-refractivity contribution in [1.29, 1.82) is 0 Å². The lowest BCUT2D eigenvalue weighted by Gasteiger charge is -2.16. The second-order valence-corrected chi connectivity index (χ2v) is 6.36. The summed E-state index contributed by atoms with van der Waals surface area (Å²) in [6, 6.07) is 10.6. The first-order valence-electron chi connectivity index (χ1n) is 8.63. The van der Waals surface area contributed by atoms with Crippen molar-refractivity contribution in [2.24, 2.45) is 0 Å². The second-order valence-electron chi connectivity index (χ2n) is 6.36. The molecule has 0 unspecified atom stereocenters. The van der Waals surface area contributed by atoms with Gasteiger partial charge in [-0.1, -0.05) is 0 Å². The van der Waals surface area contributed by atoms with E-state index in [1.807, 2.05) is 0 Å². The topological polar surface area (TPSA) is 122 Å². The molecule has 144 valence electrons. The van der Waals surface area contributed by atoms with Gasteiger partial charge in [0.2, 0.25) is 5.91 Å². The molecule has 1 saturated heterocycles. The van der Waals surface area contributed by atoms with Crippen LogP contribution in [0.4, 0.5) is 22.7 Å². The number of non-ortho nitro benzene ring substituents is 1. The zero-order valence-electron chi connectivity index (χ0n) is 15.1. The zero-order chi connectivity index (χ0) is 20.3. The monoisotopic (exact) mass is 382 g/mol. The lowest BCUT2D eigenvalue weighted by Crippen LogP contribution is -2.29. The summed E-state index contributed by atoms with van der Waals surface area (Å²) >= 11 is 0. The molecule has 1 heterocycles. The van der Waals surface area contributed by atoms with E-state index < -0.39 is 16.7 Å². The largest absolute Gasteiger partial charge is 0.318 e. The minimum absolute atomic E-state index is 0.0645. The number of carbonyl (C=O) groups is 3. The normalized spacial score (nSPS) is 13.3. The van der Waals surface area contributed by atoms with Gasteiger partial charge >= 0.3 is 11.8 Å². The van der Waals surface area contributed by atoms with Gasteiger partial charge in [0.25, 0.3) is 5.69 Å². The molecule has 0 saturated carbocycles. The molecular formula is C19H18N4O5. The van der Waals surface area contributed by atoms with Crippen LogP contribution in [-0.2, 0) is 14.4 Å². The number of anilines is 3. The fourth-order valence-electron chi connectivity index (χ4n) is 2.91. The molecule has 9 heteroatoms. The molecule has 3 amide bonds. The summed E-state index contributed by atoms with van der Waals surface area (Å²) in [4.78, 5) is 47.8. The van der Waals surface area contributed by atoms with Crippen molar-refractivity contribution in [2.75, 3.05) is 22.1 Å². The van der Waals surface area contributed by atoms with Gasteiger partial charge in [-0.2, -0.15) is 0 Å². The third-order valence-corrected chi connectivity index (χ3v) is 4.39. The van der Waals surface area contributed by atoms with Gasteiger partial charge in [0.1, 0.15) is 0 Å². The smallest absolute Gasteiger partial charge is 0.314 e. The van der Waals surface area contributed by atoms with Crippen molar-refractivity contribution in [3.63, 3.8) is 0 Å². The van der Waals surface area contributed by atoms with Gasteiger partial charge < -0.3 is 15.5 Å². The summed E-state index contributed by atoms with van der Waals surface area (Å²) < 4.78 is 0. The van der Waals surface area contributed by atoms with E-state index in [2.05, 4.69) is 10.6 Å². The lowest BCUT2D eigenvalue weighted by atomic mass is 10.2. The zero-order valence-corrected chi connectivity index (χ0v) is 15.1. The Labute approximate surface area is 160 Å². The highest BCUT2D eigenvalue weighted by Gasteiger charge is 2.22. The molecule has 3 rings (SSSR count). The Balaban J connectivity index is 1.62. The Bertz CT molecular complexity index is 955. The maximum absolute atomic E-state index is 12.1. The van der Waals surface area contributed by atoms with E-state index in [0.717, 1.165) is 12.1 Å². The average Bonchev–Trinajstić information content (AvgIpc) is 3.09. The van der Waals surface area contributed by atoms with Gasteiger partial charge in [-0.05, 0) is 49.2 Å². The third kappa shape index (κ3) is 4.14. The summed E-state index contributed by atoms with van der Waals surface area (Å²) in [6.07, 6.45) is 1.35. The van der Waals surface area contributed by atoms with Gasteiger partial charge in [-0.15, -0.1) is 0 Å². The van der Waals surface area contributed by atoms with Gasteiger partial charge in [0.05, 0.1) is 4.92 Å². The minimum Gasteiger partial charge on any atom is -0.318 e. The number of benzene rings is 2.